The average molecular weight is 280 g/mol. The highest BCUT2D eigenvalue weighted by molar-refractivity contribution is 6.31. The lowest BCUT2D eigenvalue weighted by Crippen LogP contribution is -2.25. The second-order valence-corrected chi connectivity index (χ2v) is 4.90. The molecule has 1 aromatic carbocycles. The van der Waals surface area contributed by atoms with E-state index >= 15 is 0 Å². The largest absolute Gasteiger partial charge is 0.336 e. The zero-order chi connectivity index (χ0) is 13.6. The summed E-state index contributed by atoms with van der Waals surface area (Å²) < 4.78 is 14.7. The molecule has 2 aromatic rings. The van der Waals surface area contributed by atoms with E-state index in [1.807, 2.05) is 0 Å². The van der Waals surface area contributed by atoms with Gasteiger partial charge in [-0.3, -0.25) is 4.79 Å². The number of carbonyl (C=O) groups is 1. The Hall–Kier alpha value is -1.88. The first kappa shape index (κ1) is 12.2. The first-order chi connectivity index (χ1) is 9.11. The van der Waals surface area contributed by atoms with E-state index in [0.717, 1.165) is 0 Å². The van der Waals surface area contributed by atoms with Gasteiger partial charge in [-0.15, -0.1) is 0 Å². The summed E-state index contributed by atoms with van der Waals surface area (Å²) in [6.07, 6.45) is 1.55. The van der Waals surface area contributed by atoms with Crippen molar-refractivity contribution in [1.29, 1.82) is 0 Å². The van der Waals surface area contributed by atoms with Gasteiger partial charge in [-0.2, -0.15) is 0 Å². The Morgan fingerprint density at radius 2 is 2.26 bits per heavy atom. The molecule has 2 heterocycles. The average Bonchev–Trinajstić information content (AvgIpc) is 2.76. The van der Waals surface area contributed by atoms with Crippen LogP contribution in [0.25, 0.3) is 5.69 Å². The van der Waals surface area contributed by atoms with Crippen molar-refractivity contribution in [2.75, 3.05) is 7.05 Å². The summed E-state index contributed by atoms with van der Waals surface area (Å²) in [7, 11) is 1.68. The van der Waals surface area contributed by atoms with Crippen LogP contribution in [0.5, 0.6) is 0 Å². The van der Waals surface area contributed by atoms with E-state index in [-0.39, 0.29) is 5.91 Å². The Bertz CT molecular complexity index is 668. The summed E-state index contributed by atoms with van der Waals surface area (Å²) in [6, 6.07) is 5.08. The first-order valence-corrected chi connectivity index (χ1v) is 6.16. The maximum atomic E-state index is 12.9. The van der Waals surface area contributed by atoms with Gasteiger partial charge in [0, 0.05) is 12.1 Å². The number of carbonyl (C=O) groups excluding carboxylic acids is 1. The Morgan fingerprint density at radius 3 is 3.00 bits per heavy atom. The van der Waals surface area contributed by atoms with Crippen LogP contribution in [0.1, 0.15) is 21.7 Å². The number of benzene rings is 1. The Morgan fingerprint density at radius 1 is 1.47 bits per heavy atom. The normalized spacial score (nSPS) is 14.1. The van der Waals surface area contributed by atoms with Gasteiger partial charge in [0.2, 0.25) is 0 Å². The predicted octanol–water partition coefficient (Wildman–Crippen LogP) is 2.58. The summed E-state index contributed by atoms with van der Waals surface area (Å²) in [4.78, 5) is 17.9. The number of rotatable bonds is 1. The van der Waals surface area contributed by atoms with E-state index in [4.69, 9.17) is 11.6 Å². The molecule has 6 heteroatoms. The van der Waals surface area contributed by atoms with Crippen molar-refractivity contribution in [3.8, 4) is 5.69 Å². The molecule has 0 unspecified atom stereocenters. The monoisotopic (exact) mass is 279 g/mol. The second kappa shape index (κ2) is 4.35. The van der Waals surface area contributed by atoms with Crippen molar-refractivity contribution < 1.29 is 9.18 Å². The van der Waals surface area contributed by atoms with E-state index in [9.17, 15) is 9.18 Å². The van der Waals surface area contributed by atoms with Crippen LogP contribution in [0.15, 0.2) is 24.5 Å². The van der Waals surface area contributed by atoms with Crippen LogP contribution in [-0.4, -0.2) is 27.4 Å². The molecule has 19 heavy (non-hydrogen) atoms. The third-order valence-corrected chi connectivity index (χ3v) is 3.50. The number of hydrogen-bond donors (Lipinski definition) is 0. The maximum absolute atomic E-state index is 12.9. The van der Waals surface area contributed by atoms with Gasteiger partial charge >= 0.3 is 0 Å². The number of hydrogen-bond acceptors (Lipinski definition) is 2. The van der Waals surface area contributed by atoms with Gasteiger partial charge in [-0.05, 0) is 18.2 Å². The molecule has 1 aliphatic rings. The number of imidazole rings is 1. The number of nitrogens with zero attached hydrogens (tertiary/aromatic N) is 3. The van der Waals surface area contributed by atoms with Gasteiger partial charge in [0.1, 0.15) is 6.67 Å². The van der Waals surface area contributed by atoms with Gasteiger partial charge in [0.15, 0.2) is 0 Å². The molecule has 0 fully saturated rings. The van der Waals surface area contributed by atoms with Gasteiger partial charge in [-0.1, -0.05) is 11.6 Å². The number of fused-ring (bicyclic) bond motifs is 3. The highest BCUT2D eigenvalue weighted by atomic mass is 35.5. The number of alkyl halides is 1. The summed E-state index contributed by atoms with van der Waals surface area (Å²) in [6.45, 7) is -0.322. The lowest BCUT2D eigenvalue weighted by Gasteiger charge is -2.14. The molecule has 4 nitrogen and oxygen atoms in total. The number of amides is 1. The van der Waals surface area contributed by atoms with Crippen molar-refractivity contribution in [2.24, 2.45) is 0 Å². The molecule has 98 valence electrons. The zero-order valence-corrected chi connectivity index (χ0v) is 11.0. The standard InChI is InChI=1S/C13H11ClFN3O/c1-17-6-12-10(5-15)16-7-18(12)11-3-2-8(14)4-9(11)13(17)19/h2-4,7H,5-6H2,1H3. The van der Waals surface area contributed by atoms with Crippen molar-refractivity contribution in [3.63, 3.8) is 0 Å². The fourth-order valence-corrected chi connectivity index (χ4v) is 2.46. The lowest BCUT2D eigenvalue weighted by atomic mass is 10.1. The third-order valence-electron chi connectivity index (χ3n) is 3.26. The Kier molecular flexibility index (Phi) is 2.78. The van der Waals surface area contributed by atoms with Crippen molar-refractivity contribution in [3.05, 3.63) is 46.5 Å². The van der Waals surface area contributed by atoms with Crippen molar-refractivity contribution >= 4 is 17.5 Å². The van der Waals surface area contributed by atoms with Crippen molar-refractivity contribution in [1.82, 2.24) is 14.5 Å². The minimum absolute atomic E-state index is 0.133. The topological polar surface area (TPSA) is 38.1 Å². The number of halogens is 2. The van der Waals surface area contributed by atoms with E-state index in [0.29, 0.717) is 34.2 Å². The van der Waals surface area contributed by atoms with Gasteiger partial charge < -0.3 is 9.47 Å². The van der Waals surface area contributed by atoms with Crippen LogP contribution in [0, 0.1) is 0 Å². The SMILES string of the molecule is CN1Cc2c(CF)ncn2-c2ccc(Cl)cc2C1=O. The molecule has 0 bridgehead atoms. The molecule has 1 aliphatic heterocycles. The lowest BCUT2D eigenvalue weighted by molar-refractivity contribution is 0.0787. The van der Waals surface area contributed by atoms with Crippen molar-refractivity contribution in [2.45, 2.75) is 13.2 Å². The van der Waals surface area contributed by atoms with Gasteiger partial charge in [-0.25, -0.2) is 9.37 Å². The molecule has 0 atom stereocenters. The number of aromatic nitrogens is 2. The minimum atomic E-state index is -0.646. The molecule has 3 rings (SSSR count). The van der Waals surface area contributed by atoms with Gasteiger partial charge in [0.05, 0.1) is 35.5 Å². The summed E-state index contributed by atoms with van der Waals surface area (Å²) >= 11 is 5.95. The summed E-state index contributed by atoms with van der Waals surface area (Å²) in [5, 5.41) is 0.495. The van der Waals surface area contributed by atoms with Crippen LogP contribution >= 0.6 is 11.6 Å². The zero-order valence-electron chi connectivity index (χ0n) is 10.2. The van der Waals surface area contributed by atoms with Crippen LogP contribution < -0.4 is 0 Å². The van der Waals surface area contributed by atoms with Gasteiger partial charge in [0.25, 0.3) is 5.91 Å². The van der Waals surface area contributed by atoms with E-state index in [1.54, 1.807) is 36.1 Å². The first-order valence-electron chi connectivity index (χ1n) is 5.78. The van der Waals surface area contributed by atoms with Crippen LogP contribution in [-0.2, 0) is 13.2 Å². The molecule has 0 saturated heterocycles. The second-order valence-electron chi connectivity index (χ2n) is 4.46. The van der Waals surface area contributed by atoms with Crippen LogP contribution in [0.3, 0.4) is 0 Å². The fraction of sp³-hybridized carbons (Fsp3) is 0.231. The summed E-state index contributed by atoms with van der Waals surface area (Å²) in [5.41, 5.74) is 2.24. The summed E-state index contributed by atoms with van der Waals surface area (Å²) in [5.74, 6) is -0.133. The van der Waals surface area contributed by atoms with E-state index < -0.39 is 6.67 Å². The Labute approximate surface area is 114 Å². The predicted molar refractivity (Wildman–Crippen MR) is 69.2 cm³/mol. The smallest absolute Gasteiger partial charge is 0.256 e. The quantitative estimate of drug-likeness (QED) is 0.805. The molecule has 0 radical (unpaired) electrons. The molecule has 0 spiro atoms. The molecule has 1 amide bonds. The maximum Gasteiger partial charge on any atom is 0.256 e. The molecule has 0 aliphatic carbocycles. The third kappa shape index (κ3) is 1.81. The van der Waals surface area contributed by atoms with E-state index in [2.05, 4.69) is 4.98 Å². The molecule has 0 saturated carbocycles. The Balaban J connectivity index is 2.30. The van der Waals surface area contributed by atoms with Crippen LogP contribution in [0.4, 0.5) is 4.39 Å². The minimum Gasteiger partial charge on any atom is -0.336 e. The molecular formula is C13H11ClFN3O. The molecular weight excluding hydrogens is 269 g/mol. The highest BCUT2D eigenvalue weighted by Crippen LogP contribution is 2.27. The molecule has 1 aromatic heterocycles. The molecule has 0 N–H and O–H groups in total. The van der Waals surface area contributed by atoms with E-state index in [1.165, 1.54) is 4.90 Å². The highest BCUT2D eigenvalue weighted by Gasteiger charge is 2.26. The van der Waals surface area contributed by atoms with Crippen LogP contribution in [0.2, 0.25) is 5.02 Å². The fourth-order valence-electron chi connectivity index (χ4n) is 2.29.